The summed E-state index contributed by atoms with van der Waals surface area (Å²) in [6.07, 6.45) is 8.18. The molecule has 0 amide bonds. The highest BCUT2D eigenvalue weighted by atomic mass is 16.1. The molecule has 1 rings (SSSR count). The van der Waals surface area contributed by atoms with Crippen molar-refractivity contribution in [2.45, 2.75) is 6.04 Å². The van der Waals surface area contributed by atoms with Crippen LogP contribution in [0, 0.1) is 5.92 Å². The zero-order valence-corrected chi connectivity index (χ0v) is 5.03. The van der Waals surface area contributed by atoms with Gasteiger partial charge in [0.2, 0.25) is 0 Å². The Labute approximate surface area is 54.0 Å². The van der Waals surface area contributed by atoms with E-state index >= 15 is 0 Å². The average Bonchev–Trinajstić information content (AvgIpc) is 1.89. The average molecular weight is 123 g/mol. The third-order valence-corrected chi connectivity index (χ3v) is 1.38. The highest BCUT2D eigenvalue weighted by Crippen LogP contribution is 2.06. The lowest BCUT2D eigenvalue weighted by Gasteiger charge is -2.12. The van der Waals surface area contributed by atoms with Crippen LogP contribution in [0.1, 0.15) is 0 Å². The normalized spacial score (nSPS) is 32.6. The number of hydrogen-bond acceptors (Lipinski definition) is 2. The van der Waals surface area contributed by atoms with E-state index in [4.69, 9.17) is 5.73 Å². The largest absolute Gasteiger partial charge is 0.324 e. The van der Waals surface area contributed by atoms with Gasteiger partial charge in [0, 0.05) is 6.04 Å². The van der Waals surface area contributed by atoms with Crippen LogP contribution in [0.4, 0.5) is 0 Å². The molecule has 0 aromatic heterocycles. The molecule has 48 valence electrons. The van der Waals surface area contributed by atoms with Gasteiger partial charge in [-0.25, -0.2) is 0 Å². The van der Waals surface area contributed by atoms with E-state index in [1.54, 1.807) is 6.08 Å². The number of nitrogens with two attached hydrogens (primary N) is 1. The van der Waals surface area contributed by atoms with Gasteiger partial charge in [-0.1, -0.05) is 24.3 Å². The maximum absolute atomic E-state index is 10.2. The van der Waals surface area contributed by atoms with E-state index in [2.05, 4.69) is 0 Å². The fourth-order valence-electron chi connectivity index (χ4n) is 0.778. The number of rotatable bonds is 1. The van der Waals surface area contributed by atoms with Crippen LogP contribution in [0.3, 0.4) is 0 Å². The van der Waals surface area contributed by atoms with Gasteiger partial charge in [-0.3, -0.25) is 0 Å². The van der Waals surface area contributed by atoms with Gasteiger partial charge in [0.15, 0.2) is 0 Å². The Kier molecular flexibility index (Phi) is 1.80. The summed E-state index contributed by atoms with van der Waals surface area (Å²) < 4.78 is 0. The Hall–Kier alpha value is -0.890. The highest BCUT2D eigenvalue weighted by Gasteiger charge is 2.11. The van der Waals surface area contributed by atoms with E-state index in [9.17, 15) is 4.79 Å². The zero-order valence-electron chi connectivity index (χ0n) is 5.03. The summed E-state index contributed by atoms with van der Waals surface area (Å²) in [6, 6.07) is -0.118. The molecular weight excluding hydrogens is 114 g/mol. The Morgan fingerprint density at radius 1 is 1.33 bits per heavy atom. The molecule has 0 aliphatic heterocycles. The molecule has 0 saturated heterocycles. The van der Waals surface area contributed by atoms with Gasteiger partial charge in [0.1, 0.15) is 6.29 Å². The Bertz CT molecular complexity index is 160. The molecule has 0 spiro atoms. The minimum atomic E-state index is -0.118. The third kappa shape index (κ3) is 1.27. The van der Waals surface area contributed by atoms with Gasteiger partial charge in [0.25, 0.3) is 0 Å². The SMILES string of the molecule is N[C@H]1C=CC=C[C@@H]1C=O. The fraction of sp³-hybridized carbons (Fsp3) is 0.286. The first-order valence-electron chi connectivity index (χ1n) is 2.90. The Morgan fingerprint density at radius 2 is 2.00 bits per heavy atom. The molecule has 0 radical (unpaired) electrons. The summed E-state index contributed by atoms with van der Waals surface area (Å²) in [6.45, 7) is 0. The van der Waals surface area contributed by atoms with Gasteiger partial charge in [-0.2, -0.15) is 0 Å². The second-order valence-corrected chi connectivity index (χ2v) is 2.06. The molecule has 9 heavy (non-hydrogen) atoms. The van der Waals surface area contributed by atoms with Crippen molar-refractivity contribution in [1.29, 1.82) is 0 Å². The molecule has 2 N–H and O–H groups in total. The van der Waals surface area contributed by atoms with Crippen LogP contribution < -0.4 is 5.73 Å². The molecule has 0 heterocycles. The lowest BCUT2D eigenvalue weighted by atomic mass is 9.98. The van der Waals surface area contributed by atoms with E-state index in [0.29, 0.717) is 0 Å². The van der Waals surface area contributed by atoms with Gasteiger partial charge in [-0.05, 0) is 0 Å². The summed E-state index contributed by atoms with van der Waals surface area (Å²) in [7, 11) is 0. The van der Waals surface area contributed by atoms with Crippen LogP contribution >= 0.6 is 0 Å². The number of allylic oxidation sites excluding steroid dienone is 2. The first-order valence-corrected chi connectivity index (χ1v) is 2.90. The van der Waals surface area contributed by atoms with E-state index in [-0.39, 0.29) is 12.0 Å². The summed E-state index contributed by atoms with van der Waals surface area (Å²) in [5, 5.41) is 0. The molecule has 0 bridgehead atoms. The third-order valence-electron chi connectivity index (χ3n) is 1.38. The molecule has 1 aliphatic carbocycles. The van der Waals surface area contributed by atoms with Crippen molar-refractivity contribution >= 4 is 6.29 Å². The fourth-order valence-corrected chi connectivity index (χ4v) is 0.778. The van der Waals surface area contributed by atoms with Crippen molar-refractivity contribution < 1.29 is 4.79 Å². The zero-order chi connectivity index (χ0) is 6.69. The molecule has 1 aliphatic rings. The molecule has 2 atom stereocenters. The maximum Gasteiger partial charge on any atom is 0.128 e. The van der Waals surface area contributed by atoms with Crippen molar-refractivity contribution in [3.8, 4) is 0 Å². The summed E-state index contributed by atoms with van der Waals surface area (Å²) >= 11 is 0. The monoisotopic (exact) mass is 123 g/mol. The summed E-state index contributed by atoms with van der Waals surface area (Å²) in [4.78, 5) is 10.2. The van der Waals surface area contributed by atoms with Crippen molar-refractivity contribution in [1.82, 2.24) is 0 Å². The number of aldehydes is 1. The molecule has 0 aromatic carbocycles. The molecule has 0 saturated carbocycles. The maximum atomic E-state index is 10.2. The minimum absolute atomic E-state index is 0.116. The van der Waals surface area contributed by atoms with Crippen LogP contribution in [-0.4, -0.2) is 12.3 Å². The van der Waals surface area contributed by atoms with Crippen LogP contribution in [0.2, 0.25) is 0 Å². The van der Waals surface area contributed by atoms with Crippen molar-refractivity contribution in [2.24, 2.45) is 11.7 Å². The summed E-state index contributed by atoms with van der Waals surface area (Å²) in [5.74, 6) is -0.116. The first kappa shape index (κ1) is 6.23. The Morgan fingerprint density at radius 3 is 2.44 bits per heavy atom. The first-order chi connectivity index (χ1) is 4.34. The lowest BCUT2D eigenvalue weighted by Crippen LogP contribution is -2.28. The van der Waals surface area contributed by atoms with Crippen molar-refractivity contribution in [2.75, 3.05) is 0 Å². The van der Waals surface area contributed by atoms with Gasteiger partial charge >= 0.3 is 0 Å². The van der Waals surface area contributed by atoms with E-state index in [0.717, 1.165) is 6.29 Å². The van der Waals surface area contributed by atoms with Gasteiger partial charge in [0.05, 0.1) is 5.92 Å². The van der Waals surface area contributed by atoms with Crippen molar-refractivity contribution in [3.05, 3.63) is 24.3 Å². The molecule has 0 unspecified atom stereocenters. The number of hydrogen-bond donors (Lipinski definition) is 1. The molecular formula is C7H9NO. The van der Waals surface area contributed by atoms with Crippen LogP contribution in [-0.2, 0) is 4.79 Å². The van der Waals surface area contributed by atoms with Crippen LogP contribution in [0.15, 0.2) is 24.3 Å². The minimum Gasteiger partial charge on any atom is -0.324 e. The topological polar surface area (TPSA) is 43.1 Å². The van der Waals surface area contributed by atoms with E-state index < -0.39 is 0 Å². The number of carbonyl (C=O) groups excluding carboxylic acids is 1. The molecule has 2 heteroatoms. The van der Waals surface area contributed by atoms with Crippen molar-refractivity contribution in [3.63, 3.8) is 0 Å². The van der Waals surface area contributed by atoms with E-state index in [1.165, 1.54) is 0 Å². The van der Waals surface area contributed by atoms with Gasteiger partial charge in [-0.15, -0.1) is 0 Å². The van der Waals surface area contributed by atoms with Gasteiger partial charge < -0.3 is 10.5 Å². The second kappa shape index (κ2) is 2.60. The quantitative estimate of drug-likeness (QED) is 0.508. The highest BCUT2D eigenvalue weighted by molar-refractivity contribution is 5.59. The summed E-state index contributed by atoms with van der Waals surface area (Å²) in [5.41, 5.74) is 5.52. The molecule has 2 nitrogen and oxygen atoms in total. The lowest BCUT2D eigenvalue weighted by molar-refractivity contribution is -0.110. The van der Waals surface area contributed by atoms with E-state index in [1.807, 2.05) is 18.2 Å². The molecule has 0 aromatic rings. The molecule has 0 fully saturated rings. The number of carbonyl (C=O) groups is 1. The van der Waals surface area contributed by atoms with Crippen LogP contribution in [0.25, 0.3) is 0 Å². The predicted octanol–water partition coefficient (Wildman–Crippen LogP) is 0.255. The second-order valence-electron chi connectivity index (χ2n) is 2.06. The van der Waals surface area contributed by atoms with Crippen LogP contribution in [0.5, 0.6) is 0 Å². The Balaban J connectivity index is 2.65. The predicted molar refractivity (Wildman–Crippen MR) is 35.8 cm³/mol. The smallest absolute Gasteiger partial charge is 0.128 e. The standard InChI is InChI=1S/C7H9NO/c8-7-4-2-1-3-6(7)5-9/h1-7H,8H2/t6-,7+/m1/s1.